The second-order valence-electron chi connectivity index (χ2n) is 6.44. The summed E-state index contributed by atoms with van der Waals surface area (Å²) >= 11 is 0. The summed E-state index contributed by atoms with van der Waals surface area (Å²) < 4.78 is 53.6. The van der Waals surface area contributed by atoms with Crippen LogP contribution in [0.4, 0.5) is 0 Å². The van der Waals surface area contributed by atoms with Gasteiger partial charge in [0, 0.05) is 4.90 Å². The topological polar surface area (TPSA) is 82.4 Å². The fourth-order valence-corrected chi connectivity index (χ4v) is 5.50. The van der Waals surface area contributed by atoms with Crippen molar-refractivity contribution in [2.24, 2.45) is 0 Å². The molecule has 0 aliphatic carbocycles. The number of sulfonamides is 2. The average molecular weight is 381 g/mol. The molecule has 25 heavy (non-hydrogen) atoms. The van der Waals surface area contributed by atoms with Crippen molar-refractivity contribution < 1.29 is 16.8 Å². The van der Waals surface area contributed by atoms with Crippen LogP contribution in [0.1, 0.15) is 50.7 Å². The zero-order valence-electron chi connectivity index (χ0n) is 14.7. The van der Waals surface area contributed by atoms with E-state index in [1.165, 1.54) is 30.3 Å². The minimum Gasteiger partial charge on any atom is -0.428 e. The first-order valence-corrected chi connectivity index (χ1v) is 10.9. The van der Waals surface area contributed by atoms with Gasteiger partial charge in [-0.25, -0.2) is 16.8 Å². The van der Waals surface area contributed by atoms with Crippen LogP contribution >= 0.6 is 0 Å². The van der Waals surface area contributed by atoms with Gasteiger partial charge in [0.15, 0.2) is 0 Å². The first-order chi connectivity index (χ1) is 11.5. The van der Waals surface area contributed by atoms with Gasteiger partial charge < -0.3 is 4.13 Å². The molecule has 5 nitrogen and oxygen atoms in total. The van der Waals surface area contributed by atoms with Crippen molar-refractivity contribution in [3.8, 4) is 0 Å². The Hall–Kier alpha value is -1.70. The highest BCUT2D eigenvalue weighted by atomic mass is 32.3. The highest BCUT2D eigenvalue weighted by Crippen LogP contribution is 2.33. The Balaban J connectivity index is 2.54. The van der Waals surface area contributed by atoms with E-state index in [1.807, 2.05) is 33.8 Å². The second-order valence-corrected chi connectivity index (χ2v) is 9.85. The highest BCUT2D eigenvalue weighted by Gasteiger charge is 2.19. The van der Waals surface area contributed by atoms with Crippen LogP contribution in [-0.4, -0.2) is 16.8 Å². The smallest absolute Gasteiger partial charge is 0.112 e. The van der Waals surface area contributed by atoms with E-state index in [0.717, 1.165) is 5.56 Å². The molecule has 0 aliphatic rings. The molecule has 136 valence electrons. The molecule has 0 radical (unpaired) electrons. The van der Waals surface area contributed by atoms with E-state index in [9.17, 15) is 16.8 Å². The predicted molar refractivity (Wildman–Crippen MR) is 98.8 cm³/mol. The Morgan fingerprint density at radius 2 is 1.36 bits per heavy atom. The van der Waals surface area contributed by atoms with Gasteiger partial charge in [0.25, 0.3) is 0 Å². The van der Waals surface area contributed by atoms with Crippen LogP contribution in [0.3, 0.4) is 0 Å². The van der Waals surface area contributed by atoms with Crippen LogP contribution in [0.2, 0.25) is 0 Å². The van der Waals surface area contributed by atoms with Crippen LogP contribution < -0.4 is 0 Å². The van der Waals surface area contributed by atoms with Gasteiger partial charge in [-0.15, -0.1) is 0 Å². The van der Waals surface area contributed by atoms with Crippen molar-refractivity contribution in [1.82, 2.24) is 0 Å². The zero-order chi connectivity index (χ0) is 18.8. The van der Waals surface area contributed by atoms with E-state index in [2.05, 4.69) is 4.13 Å². The third kappa shape index (κ3) is 4.48. The molecule has 0 fully saturated rings. The van der Waals surface area contributed by atoms with Crippen molar-refractivity contribution in [2.75, 3.05) is 0 Å². The highest BCUT2D eigenvalue weighted by molar-refractivity contribution is 8.12. The molecule has 2 rings (SSSR count). The number of nitrogens with zero attached hydrogens (tertiary/aromatic N) is 1. The normalized spacial score (nSPS) is 12.7. The second kappa shape index (κ2) is 7.27. The first kappa shape index (κ1) is 19.6. The zero-order valence-corrected chi connectivity index (χ0v) is 16.3. The summed E-state index contributed by atoms with van der Waals surface area (Å²) in [6, 6.07) is 12.5. The van der Waals surface area contributed by atoms with Crippen molar-refractivity contribution in [1.29, 1.82) is 0 Å². The van der Waals surface area contributed by atoms with Gasteiger partial charge >= 0.3 is 0 Å². The van der Waals surface area contributed by atoms with Crippen LogP contribution in [0.25, 0.3) is 4.13 Å². The van der Waals surface area contributed by atoms with Crippen molar-refractivity contribution in [3.63, 3.8) is 0 Å². The van der Waals surface area contributed by atoms with Crippen molar-refractivity contribution in [3.05, 3.63) is 63.8 Å². The van der Waals surface area contributed by atoms with Crippen LogP contribution in [0.5, 0.6) is 0 Å². The number of rotatable bonds is 6. The average Bonchev–Trinajstić information content (AvgIpc) is 2.54. The Bertz CT molecular complexity index is 948. The van der Waals surface area contributed by atoms with E-state index in [0.29, 0.717) is 5.56 Å². The van der Waals surface area contributed by atoms with Crippen LogP contribution in [0.15, 0.2) is 58.3 Å². The quantitative estimate of drug-likeness (QED) is 0.744. The largest absolute Gasteiger partial charge is 0.428 e. The molecular formula is C18H22NO4S2-. The Labute approximate surface area is 150 Å². The van der Waals surface area contributed by atoms with Gasteiger partial charge in [-0.05, 0) is 41.2 Å². The number of hydrogen-bond acceptors (Lipinski definition) is 4. The molecule has 0 bridgehead atoms. The molecule has 0 unspecified atom stereocenters. The molecule has 2 aromatic rings. The lowest BCUT2D eigenvalue weighted by atomic mass is 9.97. The molecule has 0 atom stereocenters. The molecule has 7 heteroatoms. The molecule has 0 saturated carbocycles. The molecule has 0 saturated heterocycles. The van der Waals surface area contributed by atoms with Gasteiger partial charge in [0.2, 0.25) is 0 Å². The standard InChI is InChI=1S/C18H22NO4S2/c1-13(2)15-10-11-17(14(3)4)18(12-15)25(22,23)19-24(20,21)16-8-6-5-7-9-16/h5-14H,1-4H3/q-1. The summed E-state index contributed by atoms with van der Waals surface area (Å²) in [4.78, 5) is -0.196. The molecule has 0 N–H and O–H groups in total. The monoisotopic (exact) mass is 380 g/mol. The maximum atomic E-state index is 12.8. The minimum atomic E-state index is -4.36. The van der Waals surface area contributed by atoms with Gasteiger partial charge in [0.1, 0.15) is 20.0 Å². The summed E-state index contributed by atoms with van der Waals surface area (Å²) in [5, 5.41) is 0. The molecule has 0 heterocycles. The van der Waals surface area contributed by atoms with Crippen LogP contribution in [-0.2, 0) is 20.0 Å². The summed E-state index contributed by atoms with van der Waals surface area (Å²) in [5.74, 6) is 0.0292. The number of benzene rings is 2. The third-order valence-corrected chi connectivity index (χ3v) is 7.19. The predicted octanol–water partition coefficient (Wildman–Crippen LogP) is 4.38. The molecule has 0 aliphatic heterocycles. The molecule has 2 aromatic carbocycles. The molecule has 0 amide bonds. The van der Waals surface area contributed by atoms with Gasteiger partial charge in [-0.2, -0.15) is 0 Å². The van der Waals surface area contributed by atoms with E-state index in [1.54, 1.807) is 12.1 Å². The van der Waals surface area contributed by atoms with Crippen molar-refractivity contribution in [2.45, 2.75) is 49.3 Å². The summed E-state index contributed by atoms with van der Waals surface area (Å²) in [6.45, 7) is 7.60. The first-order valence-electron chi connectivity index (χ1n) is 7.98. The lowest BCUT2D eigenvalue weighted by Gasteiger charge is -2.24. The lowest BCUT2D eigenvalue weighted by Crippen LogP contribution is -2.11. The van der Waals surface area contributed by atoms with Crippen LogP contribution in [0, 0.1) is 0 Å². The van der Waals surface area contributed by atoms with E-state index in [-0.39, 0.29) is 21.6 Å². The van der Waals surface area contributed by atoms with Gasteiger partial charge in [-0.3, -0.25) is 0 Å². The Morgan fingerprint density at radius 1 is 0.760 bits per heavy atom. The Kier molecular flexibility index (Phi) is 5.71. The van der Waals surface area contributed by atoms with E-state index >= 15 is 0 Å². The lowest BCUT2D eigenvalue weighted by molar-refractivity contribution is 0.594. The van der Waals surface area contributed by atoms with Crippen molar-refractivity contribution >= 4 is 20.0 Å². The molecule has 0 spiro atoms. The fourth-order valence-electron chi connectivity index (χ4n) is 2.42. The SMILES string of the molecule is CC(C)c1ccc(C(C)C)c(S(=O)(=O)[N-]S(=O)(=O)c2ccccc2)c1. The molecule has 0 aromatic heterocycles. The van der Waals surface area contributed by atoms with Gasteiger partial charge in [0.05, 0.1) is 4.90 Å². The maximum absolute atomic E-state index is 12.8. The summed E-state index contributed by atoms with van der Waals surface area (Å²) in [6.07, 6.45) is 0. The molecular weight excluding hydrogens is 358 g/mol. The number of hydrogen-bond donors (Lipinski definition) is 0. The maximum Gasteiger partial charge on any atom is 0.112 e. The van der Waals surface area contributed by atoms with Gasteiger partial charge in [-0.1, -0.05) is 58.0 Å². The van der Waals surface area contributed by atoms with E-state index < -0.39 is 20.0 Å². The summed E-state index contributed by atoms with van der Waals surface area (Å²) in [7, 11) is -8.67. The minimum absolute atomic E-state index is 0.0480. The van der Waals surface area contributed by atoms with E-state index in [4.69, 9.17) is 0 Å². The Morgan fingerprint density at radius 3 is 1.88 bits per heavy atom. The summed E-state index contributed by atoms with van der Waals surface area (Å²) in [5.41, 5.74) is 1.37. The third-order valence-electron chi connectivity index (χ3n) is 3.84. The fraction of sp³-hybridized carbons (Fsp3) is 0.333.